The first-order valence-corrected chi connectivity index (χ1v) is 8.63. The molecule has 2 aromatic rings. The first-order chi connectivity index (χ1) is 13.1. The summed E-state index contributed by atoms with van der Waals surface area (Å²) in [6.07, 6.45) is 1.01. The summed E-state index contributed by atoms with van der Waals surface area (Å²) in [6.45, 7) is 0.506. The number of nitrogens with one attached hydrogen (secondary N) is 1. The summed E-state index contributed by atoms with van der Waals surface area (Å²) in [5.74, 6) is 1.03. The van der Waals surface area contributed by atoms with Gasteiger partial charge in [0.1, 0.15) is 0 Å². The fourth-order valence-corrected chi connectivity index (χ4v) is 3.32. The molecule has 7 heteroatoms. The van der Waals surface area contributed by atoms with Crippen LogP contribution in [0.5, 0.6) is 11.5 Å². The highest BCUT2D eigenvalue weighted by atomic mass is 16.5. The highest BCUT2D eigenvalue weighted by Crippen LogP contribution is 2.30. The summed E-state index contributed by atoms with van der Waals surface area (Å²) < 4.78 is 10.6. The van der Waals surface area contributed by atoms with E-state index in [4.69, 9.17) is 9.47 Å². The van der Waals surface area contributed by atoms with Gasteiger partial charge < -0.3 is 14.8 Å². The van der Waals surface area contributed by atoms with Gasteiger partial charge >= 0.3 is 0 Å². The van der Waals surface area contributed by atoms with Gasteiger partial charge in [-0.2, -0.15) is 5.10 Å². The average Bonchev–Trinajstić information content (AvgIpc) is 3.32. The second-order valence-electron chi connectivity index (χ2n) is 6.39. The number of carbonyl (C=O) groups is 2. The molecular weight excluding hydrogens is 346 g/mol. The SMILES string of the molecule is COc1ccc(C2=NN(C(=O)c3ccc4c(c3)NC(=O)C4)CC2)cc1OC. The summed E-state index contributed by atoms with van der Waals surface area (Å²) in [5.41, 5.74) is 3.83. The molecule has 0 aromatic heterocycles. The molecule has 2 aliphatic rings. The lowest BCUT2D eigenvalue weighted by Gasteiger charge is -2.12. The summed E-state index contributed by atoms with van der Waals surface area (Å²) >= 11 is 0. The number of carbonyl (C=O) groups excluding carboxylic acids is 2. The summed E-state index contributed by atoms with van der Waals surface area (Å²) in [5, 5.41) is 8.72. The minimum absolute atomic E-state index is 0.0514. The molecule has 0 radical (unpaired) electrons. The van der Waals surface area contributed by atoms with Crippen molar-refractivity contribution in [2.45, 2.75) is 12.8 Å². The Balaban J connectivity index is 1.56. The molecule has 0 atom stereocenters. The molecule has 4 rings (SSSR count). The molecule has 138 valence electrons. The summed E-state index contributed by atoms with van der Waals surface area (Å²) in [6, 6.07) is 10.9. The number of rotatable bonds is 4. The van der Waals surface area contributed by atoms with Crippen LogP contribution in [0.2, 0.25) is 0 Å². The number of nitrogens with zero attached hydrogens (tertiary/aromatic N) is 2. The lowest BCUT2D eigenvalue weighted by molar-refractivity contribution is -0.115. The van der Waals surface area contributed by atoms with Crippen molar-refractivity contribution in [2.75, 3.05) is 26.1 Å². The van der Waals surface area contributed by atoms with Crippen LogP contribution in [0.1, 0.15) is 27.9 Å². The zero-order valence-electron chi connectivity index (χ0n) is 15.1. The van der Waals surface area contributed by atoms with Crippen molar-refractivity contribution in [3.8, 4) is 11.5 Å². The molecule has 0 spiro atoms. The number of hydrogen-bond acceptors (Lipinski definition) is 5. The second kappa shape index (κ2) is 6.75. The minimum atomic E-state index is -0.186. The lowest BCUT2D eigenvalue weighted by atomic mass is 10.1. The third-order valence-corrected chi connectivity index (χ3v) is 4.73. The Morgan fingerprint density at radius 1 is 1.11 bits per heavy atom. The Morgan fingerprint density at radius 3 is 2.70 bits per heavy atom. The van der Waals surface area contributed by atoms with E-state index in [1.165, 1.54) is 5.01 Å². The molecule has 2 heterocycles. The van der Waals surface area contributed by atoms with Crippen LogP contribution in [0.3, 0.4) is 0 Å². The third kappa shape index (κ3) is 3.12. The highest BCUT2D eigenvalue weighted by Gasteiger charge is 2.25. The number of hydrazone groups is 1. The monoisotopic (exact) mass is 365 g/mol. The van der Waals surface area contributed by atoms with Gasteiger partial charge in [-0.1, -0.05) is 6.07 Å². The number of benzene rings is 2. The van der Waals surface area contributed by atoms with Crippen LogP contribution in [-0.2, 0) is 11.2 Å². The van der Waals surface area contributed by atoms with Crippen LogP contribution in [0.15, 0.2) is 41.5 Å². The number of fused-ring (bicyclic) bond motifs is 1. The molecule has 0 aliphatic carbocycles. The molecule has 0 fully saturated rings. The third-order valence-electron chi connectivity index (χ3n) is 4.73. The Bertz CT molecular complexity index is 968. The van der Waals surface area contributed by atoms with Crippen LogP contribution >= 0.6 is 0 Å². The number of ether oxygens (including phenoxy) is 2. The van der Waals surface area contributed by atoms with Crippen LogP contribution in [0.25, 0.3) is 0 Å². The van der Waals surface area contributed by atoms with E-state index in [2.05, 4.69) is 10.4 Å². The first kappa shape index (κ1) is 17.1. The number of methoxy groups -OCH3 is 2. The van der Waals surface area contributed by atoms with Crippen molar-refractivity contribution in [1.82, 2.24) is 5.01 Å². The summed E-state index contributed by atoms with van der Waals surface area (Å²) in [4.78, 5) is 24.3. The van der Waals surface area contributed by atoms with Crippen LogP contribution in [-0.4, -0.2) is 43.3 Å². The van der Waals surface area contributed by atoms with Gasteiger partial charge in [0.15, 0.2) is 11.5 Å². The Kier molecular flexibility index (Phi) is 4.27. The molecule has 1 N–H and O–H groups in total. The topological polar surface area (TPSA) is 80.2 Å². The van der Waals surface area contributed by atoms with Crippen LogP contribution in [0.4, 0.5) is 5.69 Å². The molecule has 0 unspecified atom stereocenters. The van der Waals surface area contributed by atoms with E-state index in [1.54, 1.807) is 26.4 Å². The van der Waals surface area contributed by atoms with Crippen LogP contribution < -0.4 is 14.8 Å². The molecule has 7 nitrogen and oxygen atoms in total. The number of anilines is 1. The van der Waals surface area contributed by atoms with Crippen molar-refractivity contribution in [3.63, 3.8) is 0 Å². The normalized spacial score (nSPS) is 15.3. The molecule has 0 bridgehead atoms. The maximum absolute atomic E-state index is 12.8. The zero-order chi connectivity index (χ0) is 19.0. The lowest BCUT2D eigenvalue weighted by Crippen LogP contribution is -2.23. The second-order valence-corrected chi connectivity index (χ2v) is 6.39. The van der Waals surface area contributed by atoms with Gasteiger partial charge in [-0.3, -0.25) is 9.59 Å². The van der Waals surface area contributed by atoms with E-state index in [9.17, 15) is 9.59 Å². The zero-order valence-corrected chi connectivity index (χ0v) is 15.1. The molecule has 2 aliphatic heterocycles. The van der Waals surface area contributed by atoms with Gasteiger partial charge in [0.05, 0.1) is 32.9 Å². The smallest absolute Gasteiger partial charge is 0.274 e. The van der Waals surface area contributed by atoms with E-state index in [0.717, 1.165) is 16.8 Å². The van der Waals surface area contributed by atoms with E-state index in [-0.39, 0.29) is 11.8 Å². The van der Waals surface area contributed by atoms with Crippen molar-refractivity contribution in [1.29, 1.82) is 0 Å². The molecule has 27 heavy (non-hydrogen) atoms. The van der Waals surface area contributed by atoms with Gasteiger partial charge in [-0.25, -0.2) is 5.01 Å². The van der Waals surface area contributed by atoms with Gasteiger partial charge in [0.25, 0.3) is 5.91 Å². The van der Waals surface area contributed by atoms with E-state index < -0.39 is 0 Å². The van der Waals surface area contributed by atoms with E-state index in [1.807, 2.05) is 24.3 Å². The predicted molar refractivity (Wildman–Crippen MR) is 101 cm³/mol. The van der Waals surface area contributed by atoms with Crippen molar-refractivity contribution in [3.05, 3.63) is 53.1 Å². The van der Waals surface area contributed by atoms with Crippen molar-refractivity contribution >= 4 is 23.2 Å². The van der Waals surface area contributed by atoms with E-state index >= 15 is 0 Å². The molecule has 0 saturated heterocycles. The van der Waals surface area contributed by atoms with E-state index in [0.29, 0.717) is 42.1 Å². The van der Waals surface area contributed by atoms with Crippen molar-refractivity contribution in [2.24, 2.45) is 5.10 Å². The standard InChI is InChI=1S/C20H19N3O4/c1-26-17-6-5-12(10-18(17)27-2)15-7-8-23(22-15)20(25)14-4-3-13-11-19(24)21-16(13)9-14/h3-6,9-10H,7-8,11H2,1-2H3,(H,21,24). The minimum Gasteiger partial charge on any atom is -0.493 e. The number of hydrogen-bond donors (Lipinski definition) is 1. The van der Waals surface area contributed by atoms with Gasteiger partial charge in [0.2, 0.25) is 5.91 Å². The molecule has 2 amide bonds. The Morgan fingerprint density at radius 2 is 1.93 bits per heavy atom. The molecule has 2 aromatic carbocycles. The molecular formula is C20H19N3O4. The maximum atomic E-state index is 12.8. The van der Waals surface area contributed by atoms with Crippen LogP contribution in [0, 0.1) is 0 Å². The van der Waals surface area contributed by atoms with Gasteiger partial charge in [0, 0.05) is 23.2 Å². The Hall–Kier alpha value is -3.35. The quantitative estimate of drug-likeness (QED) is 0.903. The fourth-order valence-electron chi connectivity index (χ4n) is 3.32. The predicted octanol–water partition coefficient (Wildman–Crippen LogP) is 2.45. The highest BCUT2D eigenvalue weighted by molar-refractivity contribution is 6.06. The van der Waals surface area contributed by atoms with Gasteiger partial charge in [-0.05, 0) is 35.9 Å². The summed E-state index contributed by atoms with van der Waals surface area (Å²) in [7, 11) is 3.17. The Labute approximate surface area is 156 Å². The van der Waals surface area contributed by atoms with Crippen molar-refractivity contribution < 1.29 is 19.1 Å². The maximum Gasteiger partial charge on any atom is 0.274 e. The number of amides is 2. The average molecular weight is 365 g/mol. The first-order valence-electron chi connectivity index (χ1n) is 8.63. The fraction of sp³-hybridized carbons (Fsp3) is 0.250. The van der Waals surface area contributed by atoms with Gasteiger partial charge in [-0.15, -0.1) is 0 Å². The molecule has 0 saturated carbocycles. The largest absolute Gasteiger partial charge is 0.493 e.